The summed E-state index contributed by atoms with van der Waals surface area (Å²) in [6, 6.07) is 7.59. The Morgan fingerprint density at radius 1 is 1.24 bits per heavy atom. The largest absolute Gasteiger partial charge is 0.494 e. The van der Waals surface area contributed by atoms with E-state index in [0.717, 1.165) is 24.3 Å². The molecule has 1 saturated heterocycles. The van der Waals surface area contributed by atoms with Crippen LogP contribution >= 0.6 is 0 Å². The summed E-state index contributed by atoms with van der Waals surface area (Å²) in [6.45, 7) is 9.37. The van der Waals surface area contributed by atoms with Crippen LogP contribution in [0.15, 0.2) is 24.3 Å². The highest BCUT2D eigenvalue weighted by atomic mass is 16.5. The first-order chi connectivity index (χ1) is 11.9. The molecule has 1 heterocycles. The number of amides is 2. The van der Waals surface area contributed by atoms with E-state index in [9.17, 15) is 9.59 Å². The number of carbonyl (C=O) groups excluding carboxylic acids is 2. The Morgan fingerprint density at radius 3 is 2.52 bits per heavy atom. The SMILES string of the molecule is CCOc1ccc(N2CC(C(=O)NC(C)CCC(C)C)CC2=O)cc1. The molecule has 5 heteroatoms. The van der Waals surface area contributed by atoms with Gasteiger partial charge in [-0.15, -0.1) is 0 Å². The number of nitrogens with zero attached hydrogens (tertiary/aromatic N) is 1. The zero-order valence-electron chi connectivity index (χ0n) is 15.7. The molecule has 138 valence electrons. The average Bonchev–Trinajstić information content (AvgIpc) is 2.96. The van der Waals surface area contributed by atoms with Crippen LogP contribution in [-0.4, -0.2) is 31.0 Å². The maximum Gasteiger partial charge on any atom is 0.227 e. The summed E-state index contributed by atoms with van der Waals surface area (Å²) in [7, 11) is 0. The number of hydrogen-bond acceptors (Lipinski definition) is 3. The van der Waals surface area contributed by atoms with Crippen molar-refractivity contribution < 1.29 is 14.3 Å². The zero-order chi connectivity index (χ0) is 18.4. The summed E-state index contributed by atoms with van der Waals surface area (Å²) in [5.41, 5.74) is 0.816. The molecule has 0 radical (unpaired) electrons. The van der Waals surface area contributed by atoms with Crippen LogP contribution in [0.2, 0.25) is 0 Å². The molecular formula is C20H30N2O3. The lowest BCUT2D eigenvalue weighted by molar-refractivity contribution is -0.126. The molecule has 5 nitrogen and oxygen atoms in total. The second kappa shape index (κ2) is 8.88. The Balaban J connectivity index is 1.91. The van der Waals surface area contributed by atoms with Crippen molar-refractivity contribution in [2.24, 2.45) is 11.8 Å². The van der Waals surface area contributed by atoms with E-state index in [4.69, 9.17) is 4.74 Å². The molecule has 1 aromatic rings. The van der Waals surface area contributed by atoms with E-state index >= 15 is 0 Å². The molecule has 1 aliphatic rings. The van der Waals surface area contributed by atoms with Crippen molar-refractivity contribution in [1.82, 2.24) is 5.32 Å². The molecule has 0 bridgehead atoms. The van der Waals surface area contributed by atoms with Crippen LogP contribution in [0.1, 0.15) is 47.0 Å². The number of ether oxygens (including phenoxy) is 1. The Hall–Kier alpha value is -2.04. The fourth-order valence-corrected chi connectivity index (χ4v) is 3.04. The van der Waals surface area contributed by atoms with Crippen molar-refractivity contribution >= 4 is 17.5 Å². The molecule has 1 N–H and O–H groups in total. The first-order valence-electron chi connectivity index (χ1n) is 9.24. The third kappa shape index (κ3) is 5.48. The van der Waals surface area contributed by atoms with Gasteiger partial charge in [-0.3, -0.25) is 9.59 Å². The Labute approximate surface area is 150 Å². The van der Waals surface area contributed by atoms with Crippen molar-refractivity contribution in [1.29, 1.82) is 0 Å². The van der Waals surface area contributed by atoms with Gasteiger partial charge in [0.2, 0.25) is 11.8 Å². The molecule has 2 rings (SSSR count). The number of carbonyl (C=O) groups is 2. The molecule has 0 aromatic heterocycles. The number of anilines is 1. The van der Waals surface area contributed by atoms with Gasteiger partial charge in [-0.2, -0.15) is 0 Å². The number of benzene rings is 1. The van der Waals surface area contributed by atoms with E-state index in [1.54, 1.807) is 4.90 Å². The van der Waals surface area contributed by atoms with Crippen molar-refractivity contribution in [3.8, 4) is 5.75 Å². The minimum atomic E-state index is -0.277. The van der Waals surface area contributed by atoms with Gasteiger partial charge in [-0.05, 0) is 56.9 Å². The summed E-state index contributed by atoms with van der Waals surface area (Å²) < 4.78 is 5.43. The highest BCUT2D eigenvalue weighted by molar-refractivity contribution is 6.00. The lowest BCUT2D eigenvalue weighted by atomic mass is 10.0. The normalized spacial score (nSPS) is 18.5. The van der Waals surface area contributed by atoms with Crippen LogP contribution in [0.4, 0.5) is 5.69 Å². The third-order valence-electron chi connectivity index (χ3n) is 4.52. The second-order valence-corrected chi connectivity index (χ2v) is 7.21. The smallest absolute Gasteiger partial charge is 0.227 e. The van der Waals surface area contributed by atoms with Crippen LogP contribution in [0.5, 0.6) is 5.75 Å². The summed E-state index contributed by atoms with van der Waals surface area (Å²) in [6.07, 6.45) is 2.33. The molecule has 0 saturated carbocycles. The second-order valence-electron chi connectivity index (χ2n) is 7.21. The first kappa shape index (κ1) is 19.3. The summed E-state index contributed by atoms with van der Waals surface area (Å²) in [5.74, 6) is 1.12. The van der Waals surface area contributed by atoms with Crippen LogP contribution in [0.3, 0.4) is 0 Å². The molecule has 2 atom stereocenters. The summed E-state index contributed by atoms with van der Waals surface area (Å²) in [4.78, 5) is 26.5. The molecule has 0 spiro atoms. The van der Waals surface area contributed by atoms with Gasteiger partial charge in [0.05, 0.1) is 12.5 Å². The fourth-order valence-electron chi connectivity index (χ4n) is 3.04. The number of nitrogens with one attached hydrogen (secondary N) is 1. The van der Waals surface area contributed by atoms with E-state index < -0.39 is 0 Å². The third-order valence-corrected chi connectivity index (χ3v) is 4.52. The molecule has 1 aliphatic heterocycles. The molecule has 1 fully saturated rings. The predicted octanol–water partition coefficient (Wildman–Crippen LogP) is 3.38. The van der Waals surface area contributed by atoms with E-state index in [2.05, 4.69) is 19.2 Å². The van der Waals surface area contributed by atoms with Gasteiger partial charge in [0, 0.05) is 24.7 Å². The van der Waals surface area contributed by atoms with Crippen LogP contribution in [0.25, 0.3) is 0 Å². The van der Waals surface area contributed by atoms with Gasteiger partial charge in [-0.1, -0.05) is 13.8 Å². The zero-order valence-corrected chi connectivity index (χ0v) is 15.7. The van der Waals surface area contributed by atoms with Gasteiger partial charge in [0.25, 0.3) is 0 Å². The Kier molecular flexibility index (Phi) is 6.85. The van der Waals surface area contributed by atoms with Gasteiger partial charge < -0.3 is 15.0 Å². The molecular weight excluding hydrogens is 316 g/mol. The standard InChI is InChI=1S/C20H30N2O3/c1-5-25-18-10-8-17(9-11-18)22-13-16(12-19(22)23)20(24)21-15(4)7-6-14(2)3/h8-11,14-16H,5-7,12-13H2,1-4H3,(H,21,24). The van der Waals surface area contributed by atoms with E-state index in [-0.39, 0.29) is 30.2 Å². The fraction of sp³-hybridized carbons (Fsp3) is 0.600. The number of hydrogen-bond donors (Lipinski definition) is 1. The average molecular weight is 346 g/mol. The summed E-state index contributed by atoms with van der Waals surface area (Å²) in [5, 5.41) is 3.06. The molecule has 1 aromatic carbocycles. The van der Waals surface area contributed by atoms with E-state index in [0.29, 0.717) is 19.1 Å². The maximum absolute atomic E-state index is 12.5. The van der Waals surface area contributed by atoms with E-state index in [1.807, 2.05) is 38.1 Å². The minimum absolute atomic E-state index is 0.000793. The minimum Gasteiger partial charge on any atom is -0.494 e. The molecule has 0 aliphatic carbocycles. The van der Waals surface area contributed by atoms with Crippen LogP contribution < -0.4 is 15.0 Å². The number of rotatable bonds is 8. The maximum atomic E-state index is 12.5. The highest BCUT2D eigenvalue weighted by Crippen LogP contribution is 2.27. The predicted molar refractivity (Wildman–Crippen MR) is 99.7 cm³/mol. The van der Waals surface area contributed by atoms with Crippen molar-refractivity contribution in [3.05, 3.63) is 24.3 Å². The van der Waals surface area contributed by atoms with Gasteiger partial charge >= 0.3 is 0 Å². The first-order valence-corrected chi connectivity index (χ1v) is 9.24. The van der Waals surface area contributed by atoms with Gasteiger partial charge in [-0.25, -0.2) is 0 Å². The van der Waals surface area contributed by atoms with Crippen molar-refractivity contribution in [2.45, 2.75) is 53.0 Å². The molecule has 2 unspecified atom stereocenters. The van der Waals surface area contributed by atoms with Gasteiger partial charge in [0.1, 0.15) is 5.75 Å². The van der Waals surface area contributed by atoms with E-state index in [1.165, 1.54) is 0 Å². The van der Waals surface area contributed by atoms with Crippen molar-refractivity contribution in [2.75, 3.05) is 18.1 Å². The lowest BCUT2D eigenvalue weighted by Crippen LogP contribution is -2.38. The van der Waals surface area contributed by atoms with Crippen molar-refractivity contribution in [3.63, 3.8) is 0 Å². The Bertz CT molecular complexity index is 583. The lowest BCUT2D eigenvalue weighted by Gasteiger charge is -2.19. The van der Waals surface area contributed by atoms with Crippen LogP contribution in [-0.2, 0) is 9.59 Å². The molecule has 2 amide bonds. The van der Waals surface area contributed by atoms with Gasteiger partial charge in [0.15, 0.2) is 0 Å². The highest BCUT2D eigenvalue weighted by Gasteiger charge is 2.35. The molecule has 25 heavy (non-hydrogen) atoms. The summed E-state index contributed by atoms with van der Waals surface area (Å²) >= 11 is 0. The quantitative estimate of drug-likeness (QED) is 0.785. The van der Waals surface area contributed by atoms with Crippen LogP contribution in [0, 0.1) is 11.8 Å². The monoisotopic (exact) mass is 346 g/mol. The Morgan fingerprint density at radius 2 is 1.92 bits per heavy atom. The topological polar surface area (TPSA) is 58.6 Å².